The number of benzene rings is 3. The second kappa shape index (κ2) is 39.1. The predicted molar refractivity (Wildman–Crippen MR) is 386 cm³/mol. The number of piperidine rings is 1. The molecule has 0 aliphatic carbocycles. The first-order valence-corrected chi connectivity index (χ1v) is 35.4. The fraction of sp³-hybridized carbons (Fsp3) is 0.595. The van der Waals surface area contributed by atoms with Crippen molar-refractivity contribution < 1.29 is 72.9 Å². The lowest BCUT2D eigenvalue weighted by molar-refractivity contribution is -0.151. The van der Waals surface area contributed by atoms with Gasteiger partial charge in [-0.05, 0) is 111 Å². The molecule has 3 aromatic rings. The molecule has 568 valence electrons. The predicted octanol–water partition coefficient (Wildman–Crippen LogP) is -0.0680. The minimum atomic E-state index is -1.87. The molecule has 3 aromatic carbocycles. The highest BCUT2D eigenvalue weighted by Gasteiger charge is 2.44. The average molecular weight is 1440 g/mol. The quantitative estimate of drug-likeness (QED) is 0.0931. The number of aliphatic hydroxyl groups excluding tert-OH is 3. The van der Waals surface area contributed by atoms with Gasteiger partial charge in [0.25, 0.3) is 0 Å². The third-order valence-electron chi connectivity index (χ3n) is 20.5. The number of nitrogens with zero attached hydrogens (tertiary/aromatic N) is 9. The Hall–Kier alpha value is -8.90. The number of likely N-dealkylation sites (N-methyl/N-ethyl adjacent to an activating group) is 8. The van der Waals surface area contributed by atoms with Gasteiger partial charge in [0, 0.05) is 68.2 Å². The van der Waals surface area contributed by atoms with Crippen LogP contribution in [0.25, 0.3) is 0 Å². The third kappa shape index (κ3) is 22.6. The van der Waals surface area contributed by atoms with Crippen LogP contribution >= 0.6 is 0 Å². The Bertz CT molecular complexity index is 3390. The van der Waals surface area contributed by atoms with Gasteiger partial charge in [-0.2, -0.15) is 0 Å². The highest BCUT2D eigenvalue weighted by molar-refractivity contribution is 5.99. The lowest BCUT2D eigenvalue weighted by Crippen LogP contribution is -2.63. The molecule has 0 bridgehead atoms. The van der Waals surface area contributed by atoms with Gasteiger partial charge in [0.05, 0.1) is 43.2 Å². The molecular weight excluding hydrogens is 1320 g/mol. The Kier molecular flexibility index (Phi) is 32.2. The number of carbonyl (C=O) groups is 12. The molecule has 29 heteroatoms. The van der Waals surface area contributed by atoms with E-state index in [4.69, 9.17) is 0 Å². The van der Waals surface area contributed by atoms with Gasteiger partial charge in [-0.3, -0.25) is 67.3 Å². The largest absolute Gasteiger partial charge is 0.391 e. The van der Waals surface area contributed by atoms with Crippen molar-refractivity contribution in [3.63, 3.8) is 0 Å². The highest BCUT2D eigenvalue weighted by atomic mass is 16.3. The molecule has 2 heterocycles. The lowest BCUT2D eigenvalue weighted by atomic mass is 9.94. The molecule has 2 unspecified atom stereocenters. The minimum absolute atomic E-state index is 0.0182. The van der Waals surface area contributed by atoms with Gasteiger partial charge < -0.3 is 76.2 Å². The van der Waals surface area contributed by atoms with Gasteiger partial charge in [0.1, 0.15) is 60.8 Å². The Morgan fingerprint density at radius 3 is 1.60 bits per heavy atom. The topological polar surface area (TPSA) is 355 Å². The second-order valence-electron chi connectivity index (χ2n) is 27.9. The van der Waals surface area contributed by atoms with E-state index in [1.165, 1.54) is 113 Å². The molecule has 103 heavy (non-hydrogen) atoms. The van der Waals surface area contributed by atoms with Crippen molar-refractivity contribution >= 4 is 70.9 Å². The number of nitrogens with one attached hydrogen (secondary N) is 5. The molecule has 0 saturated carbocycles. The van der Waals surface area contributed by atoms with Crippen molar-refractivity contribution in [1.82, 2.24) is 70.7 Å². The Balaban J connectivity index is 1.66. The maximum atomic E-state index is 16.0. The fourth-order valence-corrected chi connectivity index (χ4v) is 12.6. The maximum absolute atomic E-state index is 16.0. The maximum Gasteiger partial charge on any atom is 0.248 e. The van der Waals surface area contributed by atoms with Crippen LogP contribution < -0.4 is 26.6 Å². The zero-order valence-electron chi connectivity index (χ0n) is 62.9. The molecule has 5 rings (SSSR count). The minimum Gasteiger partial charge on any atom is -0.391 e. The summed E-state index contributed by atoms with van der Waals surface area (Å²) >= 11 is 0. The monoisotopic (exact) mass is 1440 g/mol. The summed E-state index contributed by atoms with van der Waals surface area (Å²) in [5.41, 5.74) is 1.82. The molecule has 16 atom stereocenters. The van der Waals surface area contributed by atoms with Gasteiger partial charge in [-0.1, -0.05) is 111 Å². The molecule has 2 fully saturated rings. The van der Waals surface area contributed by atoms with Crippen molar-refractivity contribution in [2.75, 3.05) is 76.0 Å². The number of amides is 12. The Morgan fingerprint density at radius 2 is 1.08 bits per heavy atom. The first-order valence-electron chi connectivity index (χ1n) is 35.4. The standard InChI is InChI=1S/C74H112N14O15/c1-18-44(2)61-73(102)86(16)57(40-53-33-25-20-26-34-53)66(95)77-55(71(100)87(17)58(41-54-35-27-21-28-36-54)72(101)85(15)56(39-52-31-23-19-24-32-52)65(94)76-46(4)68(97)88-37-29-22-30-38-88)42-60(91)81(11)50(8)70(99)82(12)47(5)63(92)75-45(3)67(96)84(14)49(7)69(98)80(10)43-59(90)78-62(51(9)89)74(103)83(13)48(6)64(93)79-61/h19-21,23-28,31-36,44-51,55-58,61-62,67,73,89,96,102H,18,22,29-30,37-43H2,1-17H3,(H,75,92)(H,76,94)(H,77,95)(H,78,90)(H,79,93)/t44-,45-,46-,47-,48-,49-,50+,51+,55-,56-,57-,58-,61-,62-,67?,73?/m0/s1. The lowest BCUT2D eigenvalue weighted by Gasteiger charge is -2.40. The van der Waals surface area contributed by atoms with Crippen LogP contribution in [0.4, 0.5) is 0 Å². The molecule has 2 aliphatic rings. The molecule has 0 radical (unpaired) electrons. The van der Waals surface area contributed by atoms with E-state index in [0.29, 0.717) is 36.2 Å². The molecule has 0 spiro atoms. The molecular formula is C74H112N14O15. The van der Waals surface area contributed by atoms with E-state index in [1.807, 2.05) is 0 Å². The summed E-state index contributed by atoms with van der Waals surface area (Å²) in [6.45, 7) is 13.9. The third-order valence-corrected chi connectivity index (χ3v) is 20.5. The van der Waals surface area contributed by atoms with Crippen LogP contribution in [-0.2, 0) is 76.8 Å². The van der Waals surface area contributed by atoms with Gasteiger partial charge in [-0.15, -0.1) is 0 Å². The van der Waals surface area contributed by atoms with Gasteiger partial charge in [0.2, 0.25) is 70.9 Å². The van der Waals surface area contributed by atoms with E-state index >= 15 is 19.2 Å². The summed E-state index contributed by atoms with van der Waals surface area (Å²) in [5.74, 6) is -9.70. The number of rotatable bonds is 16. The van der Waals surface area contributed by atoms with Crippen LogP contribution in [0.5, 0.6) is 0 Å². The van der Waals surface area contributed by atoms with Crippen LogP contribution in [0, 0.1) is 5.92 Å². The summed E-state index contributed by atoms with van der Waals surface area (Å²) in [4.78, 5) is 186. The van der Waals surface area contributed by atoms with E-state index in [-0.39, 0.29) is 25.2 Å². The fourth-order valence-electron chi connectivity index (χ4n) is 12.6. The molecule has 12 amide bonds. The van der Waals surface area contributed by atoms with Crippen molar-refractivity contribution in [3.8, 4) is 0 Å². The SMILES string of the molecule is CC[C@H](C)[C@@H]1NC(=O)[C@H](C)N(C)C(=O)[C@H]([C@@H](C)O)NC(=O)CN(C)C(=O)[C@H](C)N(C)C(O)[C@H](C)NC(=O)[C@H](C)N(C)C(=O)[C@@H](C)N(C)C(=O)C[C@@H](C(=O)N(C)[C@@H](Cc2ccccc2)C(=O)N(C)[C@@H](Cc2ccccc2)C(=O)N[C@@H](C)C(=O)N2CCCCC2)NC(=O)[C@H](Cc2ccccc2)N(C)C1O. The van der Waals surface area contributed by atoms with Gasteiger partial charge in [-0.25, -0.2) is 0 Å². The van der Waals surface area contributed by atoms with Gasteiger partial charge in [0.15, 0.2) is 0 Å². The normalized spacial score (nSPS) is 26.1. The first kappa shape index (κ1) is 84.8. The van der Waals surface area contributed by atoms with Crippen molar-refractivity contribution in [1.29, 1.82) is 0 Å². The summed E-state index contributed by atoms with van der Waals surface area (Å²) in [6.07, 6.45) is -3.01. The molecule has 2 saturated heterocycles. The zero-order valence-corrected chi connectivity index (χ0v) is 62.9. The van der Waals surface area contributed by atoms with E-state index in [9.17, 15) is 53.7 Å². The number of hydrogen-bond donors (Lipinski definition) is 8. The Morgan fingerprint density at radius 1 is 0.573 bits per heavy atom. The van der Waals surface area contributed by atoms with E-state index in [0.717, 1.165) is 43.8 Å². The van der Waals surface area contributed by atoms with Crippen molar-refractivity contribution in [2.45, 2.75) is 205 Å². The van der Waals surface area contributed by atoms with Gasteiger partial charge >= 0.3 is 0 Å². The van der Waals surface area contributed by atoms with Crippen LogP contribution in [0.1, 0.15) is 111 Å². The molecule has 0 aromatic heterocycles. The Labute approximate surface area is 606 Å². The van der Waals surface area contributed by atoms with Crippen LogP contribution in [0.3, 0.4) is 0 Å². The van der Waals surface area contributed by atoms with Crippen LogP contribution in [-0.4, -0.2) is 297 Å². The second-order valence-corrected chi connectivity index (χ2v) is 27.9. The van der Waals surface area contributed by atoms with E-state index in [2.05, 4.69) is 26.6 Å². The van der Waals surface area contributed by atoms with Crippen molar-refractivity contribution in [3.05, 3.63) is 108 Å². The van der Waals surface area contributed by atoms with Crippen LogP contribution in [0.2, 0.25) is 0 Å². The summed E-state index contributed by atoms with van der Waals surface area (Å²) in [5, 5.41) is 48.8. The molecule has 8 N–H and O–H groups in total. The van der Waals surface area contributed by atoms with Crippen LogP contribution in [0.15, 0.2) is 91.0 Å². The van der Waals surface area contributed by atoms with E-state index in [1.54, 1.807) is 117 Å². The number of hydrogen-bond acceptors (Lipinski definition) is 17. The summed E-state index contributed by atoms with van der Waals surface area (Å²) < 4.78 is 0. The molecule has 29 nitrogen and oxygen atoms in total. The first-order chi connectivity index (χ1) is 48.4. The molecule has 2 aliphatic heterocycles. The summed E-state index contributed by atoms with van der Waals surface area (Å²) in [6, 6.07) is 10.3. The smallest absolute Gasteiger partial charge is 0.248 e. The zero-order chi connectivity index (χ0) is 77.0. The van der Waals surface area contributed by atoms with Crippen molar-refractivity contribution in [2.24, 2.45) is 5.92 Å². The highest BCUT2D eigenvalue weighted by Crippen LogP contribution is 2.23. The number of likely N-dealkylation sites (tertiary alicyclic amines) is 1. The average Bonchev–Trinajstić information content (AvgIpc) is 0.818. The summed E-state index contributed by atoms with van der Waals surface area (Å²) in [7, 11) is 10.8. The number of aliphatic hydroxyl groups is 3. The van der Waals surface area contributed by atoms with E-state index < -0.39 is 175 Å². The number of carbonyl (C=O) groups excluding carboxylic acids is 12.